The SMILES string of the molecule is Cc1ccc(-c2cc(Cc3c(Cl)cccc3Cl)c(=O)n(Cn3cnc4c(N)ncnc43)n2)cc1C. The monoisotopic (exact) mass is 505 g/mol. The molecule has 2 N–H and O–H groups in total. The number of fused-ring (bicyclic) bond motifs is 1. The number of aryl methyl sites for hydroxylation is 2. The summed E-state index contributed by atoms with van der Waals surface area (Å²) in [5.41, 5.74) is 11.7. The molecule has 0 amide bonds. The van der Waals surface area contributed by atoms with Crippen molar-refractivity contribution in [3.63, 3.8) is 0 Å². The van der Waals surface area contributed by atoms with E-state index < -0.39 is 0 Å². The molecule has 0 aliphatic heterocycles. The molecule has 2 aromatic carbocycles. The molecule has 0 bridgehead atoms. The highest BCUT2D eigenvalue weighted by atomic mass is 35.5. The number of hydrogen-bond acceptors (Lipinski definition) is 6. The van der Waals surface area contributed by atoms with Gasteiger partial charge in [-0.05, 0) is 54.8 Å². The molecule has 3 aromatic heterocycles. The topological polar surface area (TPSA) is 105 Å². The van der Waals surface area contributed by atoms with Crippen LogP contribution in [0.3, 0.4) is 0 Å². The van der Waals surface area contributed by atoms with Crippen LogP contribution in [0.4, 0.5) is 5.82 Å². The molecule has 176 valence electrons. The van der Waals surface area contributed by atoms with Crippen LogP contribution in [-0.2, 0) is 13.1 Å². The van der Waals surface area contributed by atoms with E-state index in [0.29, 0.717) is 38.0 Å². The Morgan fingerprint density at radius 3 is 2.49 bits per heavy atom. The van der Waals surface area contributed by atoms with E-state index in [4.69, 9.17) is 28.9 Å². The van der Waals surface area contributed by atoms with Gasteiger partial charge in [0.1, 0.15) is 18.5 Å². The fourth-order valence-corrected chi connectivity index (χ4v) is 4.43. The summed E-state index contributed by atoms with van der Waals surface area (Å²) in [6, 6.07) is 13.2. The van der Waals surface area contributed by atoms with Crippen molar-refractivity contribution >= 4 is 40.2 Å². The van der Waals surface area contributed by atoms with Crippen LogP contribution in [0.25, 0.3) is 22.4 Å². The molecule has 5 rings (SSSR count). The van der Waals surface area contributed by atoms with Crippen molar-refractivity contribution in [2.45, 2.75) is 26.9 Å². The number of anilines is 1. The summed E-state index contributed by atoms with van der Waals surface area (Å²) in [6.45, 7) is 4.19. The molecule has 0 fully saturated rings. The summed E-state index contributed by atoms with van der Waals surface area (Å²) in [6.07, 6.45) is 3.19. The molecule has 0 spiro atoms. The van der Waals surface area contributed by atoms with E-state index in [2.05, 4.69) is 33.0 Å². The highest BCUT2D eigenvalue weighted by Crippen LogP contribution is 2.27. The highest BCUT2D eigenvalue weighted by molar-refractivity contribution is 6.36. The van der Waals surface area contributed by atoms with Gasteiger partial charge in [0.15, 0.2) is 11.5 Å². The van der Waals surface area contributed by atoms with Crippen LogP contribution in [0, 0.1) is 13.8 Å². The summed E-state index contributed by atoms with van der Waals surface area (Å²) < 4.78 is 3.10. The first kappa shape index (κ1) is 23.0. The molecule has 0 aliphatic rings. The zero-order chi connectivity index (χ0) is 24.7. The second-order valence-corrected chi connectivity index (χ2v) is 9.14. The molecule has 35 heavy (non-hydrogen) atoms. The molecule has 0 saturated carbocycles. The minimum absolute atomic E-state index is 0.0910. The van der Waals surface area contributed by atoms with E-state index in [1.54, 1.807) is 35.2 Å². The van der Waals surface area contributed by atoms with Crippen LogP contribution in [0.2, 0.25) is 10.0 Å². The number of halogens is 2. The lowest BCUT2D eigenvalue weighted by atomic mass is 10.0. The average molecular weight is 506 g/mol. The van der Waals surface area contributed by atoms with E-state index in [9.17, 15) is 4.79 Å². The van der Waals surface area contributed by atoms with Gasteiger partial charge in [-0.3, -0.25) is 9.36 Å². The summed E-state index contributed by atoms with van der Waals surface area (Å²) in [5, 5.41) is 5.68. The summed E-state index contributed by atoms with van der Waals surface area (Å²) in [5.74, 6) is 0.270. The lowest BCUT2D eigenvalue weighted by Crippen LogP contribution is -2.29. The van der Waals surface area contributed by atoms with Crippen LogP contribution in [0.5, 0.6) is 0 Å². The van der Waals surface area contributed by atoms with Gasteiger partial charge in [0.2, 0.25) is 0 Å². The Morgan fingerprint density at radius 1 is 0.971 bits per heavy atom. The minimum Gasteiger partial charge on any atom is -0.382 e. The maximum atomic E-state index is 13.6. The number of nitrogens with zero attached hydrogens (tertiary/aromatic N) is 6. The number of nitrogen functional groups attached to an aromatic ring is 1. The lowest BCUT2D eigenvalue weighted by molar-refractivity contribution is 0.526. The first-order valence-electron chi connectivity index (χ1n) is 10.8. The predicted molar refractivity (Wildman–Crippen MR) is 138 cm³/mol. The van der Waals surface area contributed by atoms with Crippen LogP contribution in [0.15, 0.2) is 59.9 Å². The van der Waals surface area contributed by atoms with Crippen molar-refractivity contribution in [3.8, 4) is 11.3 Å². The standard InChI is InChI=1S/C25H21Cl2N7O/c1-14-6-7-16(8-15(14)2)21-10-17(9-18-19(26)4-3-5-20(18)27)25(35)34(32-21)13-33-12-31-22-23(28)29-11-30-24(22)33/h3-8,10-12H,9,13H2,1-2H3,(H2,28,29,30). The zero-order valence-electron chi connectivity index (χ0n) is 19.0. The Hall–Kier alpha value is -3.75. The number of nitrogens with two attached hydrogens (primary N) is 1. The van der Waals surface area contributed by atoms with Crippen molar-refractivity contribution in [3.05, 3.63) is 97.8 Å². The van der Waals surface area contributed by atoms with Crippen LogP contribution >= 0.6 is 23.2 Å². The fraction of sp³-hybridized carbons (Fsp3) is 0.160. The maximum Gasteiger partial charge on any atom is 0.272 e. The van der Waals surface area contributed by atoms with Gasteiger partial charge in [-0.15, -0.1) is 0 Å². The molecule has 10 heteroatoms. The van der Waals surface area contributed by atoms with Gasteiger partial charge in [0.05, 0.1) is 12.0 Å². The van der Waals surface area contributed by atoms with Crippen molar-refractivity contribution in [1.29, 1.82) is 0 Å². The van der Waals surface area contributed by atoms with Crippen LogP contribution in [0.1, 0.15) is 22.3 Å². The number of aromatic nitrogens is 6. The van der Waals surface area contributed by atoms with Crippen molar-refractivity contribution < 1.29 is 0 Å². The molecule has 0 atom stereocenters. The van der Waals surface area contributed by atoms with Gasteiger partial charge in [0.25, 0.3) is 5.56 Å². The normalized spacial score (nSPS) is 11.3. The number of imidazole rings is 1. The molecule has 3 heterocycles. The maximum absolute atomic E-state index is 13.6. The number of rotatable bonds is 5. The minimum atomic E-state index is -0.266. The molecule has 5 aromatic rings. The third-order valence-electron chi connectivity index (χ3n) is 6.00. The molecule has 0 saturated heterocycles. The number of hydrogen-bond donors (Lipinski definition) is 1. The van der Waals surface area contributed by atoms with Crippen molar-refractivity contribution in [1.82, 2.24) is 29.3 Å². The molecule has 0 aliphatic carbocycles. The van der Waals surface area contributed by atoms with Crippen LogP contribution < -0.4 is 11.3 Å². The van der Waals surface area contributed by atoms with E-state index in [-0.39, 0.29) is 24.5 Å². The summed E-state index contributed by atoms with van der Waals surface area (Å²) in [4.78, 5) is 26.1. The van der Waals surface area contributed by atoms with Gasteiger partial charge in [-0.2, -0.15) is 5.10 Å². The van der Waals surface area contributed by atoms with Gasteiger partial charge < -0.3 is 5.73 Å². The zero-order valence-corrected chi connectivity index (χ0v) is 20.5. The molecular formula is C25H21Cl2N7O. The first-order valence-corrected chi connectivity index (χ1v) is 11.6. The molecule has 0 radical (unpaired) electrons. The Balaban J connectivity index is 1.66. The Bertz CT molecular complexity index is 1620. The first-order chi connectivity index (χ1) is 16.8. The second kappa shape index (κ2) is 9.13. The average Bonchev–Trinajstić information content (AvgIpc) is 3.24. The largest absolute Gasteiger partial charge is 0.382 e. The van der Waals surface area contributed by atoms with Gasteiger partial charge >= 0.3 is 0 Å². The third-order valence-corrected chi connectivity index (χ3v) is 6.70. The number of benzene rings is 2. The smallest absolute Gasteiger partial charge is 0.272 e. The van der Waals surface area contributed by atoms with Crippen LogP contribution in [-0.4, -0.2) is 29.3 Å². The molecule has 8 nitrogen and oxygen atoms in total. The molecule has 0 unspecified atom stereocenters. The fourth-order valence-electron chi connectivity index (χ4n) is 3.90. The van der Waals surface area contributed by atoms with Gasteiger partial charge in [0, 0.05) is 27.6 Å². The predicted octanol–water partition coefficient (Wildman–Crippen LogP) is 4.65. The van der Waals surface area contributed by atoms with E-state index in [1.807, 2.05) is 19.1 Å². The highest BCUT2D eigenvalue weighted by Gasteiger charge is 2.16. The van der Waals surface area contributed by atoms with E-state index in [1.165, 1.54) is 16.6 Å². The molecular weight excluding hydrogens is 485 g/mol. The lowest BCUT2D eigenvalue weighted by Gasteiger charge is -2.14. The van der Waals surface area contributed by atoms with Gasteiger partial charge in [-0.1, -0.05) is 41.4 Å². The Morgan fingerprint density at radius 2 is 1.74 bits per heavy atom. The summed E-state index contributed by atoms with van der Waals surface area (Å²) in [7, 11) is 0. The quantitative estimate of drug-likeness (QED) is 0.372. The van der Waals surface area contributed by atoms with Crippen molar-refractivity contribution in [2.75, 3.05) is 5.73 Å². The third kappa shape index (κ3) is 4.38. The van der Waals surface area contributed by atoms with Gasteiger partial charge in [-0.25, -0.2) is 19.6 Å². The summed E-state index contributed by atoms with van der Waals surface area (Å²) >= 11 is 12.8. The Labute approximate surface area is 211 Å². The van der Waals surface area contributed by atoms with E-state index >= 15 is 0 Å². The Kier molecular flexibility index (Phi) is 6.00. The van der Waals surface area contributed by atoms with E-state index in [0.717, 1.165) is 11.1 Å². The van der Waals surface area contributed by atoms with Crippen molar-refractivity contribution in [2.24, 2.45) is 0 Å². The second-order valence-electron chi connectivity index (χ2n) is 8.32.